The van der Waals surface area contributed by atoms with Crippen LogP contribution in [0.4, 0.5) is 0 Å². The van der Waals surface area contributed by atoms with Crippen LogP contribution in [0.2, 0.25) is 0 Å². The highest BCUT2D eigenvalue weighted by Gasteiger charge is 2.35. The summed E-state index contributed by atoms with van der Waals surface area (Å²) in [6.07, 6.45) is 4.65. The van der Waals surface area contributed by atoms with Gasteiger partial charge in [-0.25, -0.2) is 0 Å². The maximum atomic E-state index is 2.46. The molecule has 2 aliphatic carbocycles. The summed E-state index contributed by atoms with van der Waals surface area (Å²) in [5.74, 6) is 0. The van der Waals surface area contributed by atoms with Crippen LogP contribution in [0, 0.1) is 0 Å². The van der Waals surface area contributed by atoms with Gasteiger partial charge in [-0.05, 0) is 95.7 Å². The second-order valence-electron chi connectivity index (χ2n) is 7.94. The van der Waals surface area contributed by atoms with Gasteiger partial charge in [-0.2, -0.15) is 0 Å². The maximum Gasteiger partial charge on any atom is 0.0159 e. The first-order chi connectivity index (χ1) is 12.5. The molecule has 0 aromatic heterocycles. The van der Waals surface area contributed by atoms with E-state index >= 15 is 0 Å². The quantitative estimate of drug-likeness (QED) is 0.341. The third-order valence-electron chi connectivity index (χ3n) is 6.01. The molecule has 2 aliphatic rings. The zero-order valence-electron chi connectivity index (χ0n) is 15.1. The highest BCUT2D eigenvalue weighted by atomic mass is 127. The standard InChI is InChI=1S/C25H21I/c1-25(2)23-6-4-3-5-21(23)22-12-10-19(15-24(22)25)16-7-8-18-14-20(26)11-9-17(18)13-16/h3-8,10,12-15H,9,11H2,1-2H3. The van der Waals surface area contributed by atoms with E-state index in [0.717, 1.165) is 6.42 Å². The summed E-state index contributed by atoms with van der Waals surface area (Å²) >= 11 is 2.46. The highest BCUT2D eigenvalue weighted by Crippen LogP contribution is 2.49. The van der Waals surface area contributed by atoms with E-state index in [2.05, 4.69) is 103 Å². The number of allylic oxidation sites excluding steroid dienone is 1. The summed E-state index contributed by atoms with van der Waals surface area (Å²) in [7, 11) is 0. The largest absolute Gasteiger partial charge is 0.0619 e. The van der Waals surface area contributed by atoms with Crippen molar-refractivity contribution in [2.75, 3.05) is 0 Å². The molecule has 0 N–H and O–H groups in total. The van der Waals surface area contributed by atoms with Crippen LogP contribution in [-0.2, 0) is 11.8 Å². The third kappa shape index (κ3) is 2.40. The zero-order valence-corrected chi connectivity index (χ0v) is 17.3. The maximum absolute atomic E-state index is 2.46. The number of halogens is 1. The number of fused-ring (bicyclic) bond motifs is 4. The second-order valence-corrected chi connectivity index (χ2v) is 9.32. The van der Waals surface area contributed by atoms with Gasteiger partial charge in [-0.15, -0.1) is 0 Å². The molecule has 128 valence electrons. The van der Waals surface area contributed by atoms with Crippen molar-refractivity contribution in [1.82, 2.24) is 0 Å². The molecule has 0 amide bonds. The van der Waals surface area contributed by atoms with E-state index in [9.17, 15) is 0 Å². The first-order valence-electron chi connectivity index (χ1n) is 9.28. The van der Waals surface area contributed by atoms with Crippen molar-refractivity contribution in [2.24, 2.45) is 0 Å². The average molecular weight is 448 g/mol. The molecule has 0 fully saturated rings. The third-order valence-corrected chi connectivity index (χ3v) is 6.86. The summed E-state index contributed by atoms with van der Waals surface area (Å²) in [5, 5.41) is 0. The molecule has 1 heteroatoms. The molecule has 26 heavy (non-hydrogen) atoms. The molecule has 0 saturated carbocycles. The summed E-state index contributed by atoms with van der Waals surface area (Å²) < 4.78 is 1.46. The van der Waals surface area contributed by atoms with E-state index in [1.807, 2.05) is 0 Å². The topological polar surface area (TPSA) is 0 Å². The Bertz CT molecular complexity index is 1070. The van der Waals surface area contributed by atoms with E-state index < -0.39 is 0 Å². The number of rotatable bonds is 1. The Labute approximate surface area is 169 Å². The monoisotopic (exact) mass is 448 g/mol. The molecule has 0 nitrogen and oxygen atoms in total. The van der Waals surface area contributed by atoms with Crippen molar-refractivity contribution in [3.63, 3.8) is 0 Å². The molecule has 0 radical (unpaired) electrons. The molecule has 3 aromatic carbocycles. The Hall–Kier alpha value is -1.87. The number of hydrogen-bond donors (Lipinski definition) is 0. The number of aryl methyl sites for hydroxylation is 1. The molecule has 0 unspecified atom stereocenters. The lowest BCUT2D eigenvalue weighted by Gasteiger charge is -2.22. The normalized spacial score (nSPS) is 16.5. The van der Waals surface area contributed by atoms with Gasteiger partial charge < -0.3 is 0 Å². The van der Waals surface area contributed by atoms with Crippen molar-refractivity contribution in [3.05, 3.63) is 86.5 Å². The van der Waals surface area contributed by atoms with E-state index in [4.69, 9.17) is 0 Å². The fourth-order valence-corrected chi connectivity index (χ4v) is 5.13. The smallest absolute Gasteiger partial charge is 0.0159 e. The van der Waals surface area contributed by atoms with Crippen molar-refractivity contribution in [2.45, 2.75) is 32.1 Å². The first kappa shape index (κ1) is 16.3. The minimum atomic E-state index is 0.0645. The van der Waals surface area contributed by atoms with E-state index in [0.29, 0.717) is 0 Å². The van der Waals surface area contributed by atoms with Gasteiger partial charge >= 0.3 is 0 Å². The van der Waals surface area contributed by atoms with Crippen molar-refractivity contribution in [3.8, 4) is 22.3 Å². The van der Waals surface area contributed by atoms with Crippen LogP contribution >= 0.6 is 22.6 Å². The fraction of sp³-hybridized carbons (Fsp3) is 0.200. The van der Waals surface area contributed by atoms with Gasteiger partial charge in [0.2, 0.25) is 0 Å². The van der Waals surface area contributed by atoms with Crippen molar-refractivity contribution >= 4 is 28.7 Å². The molecule has 3 aromatic rings. The van der Waals surface area contributed by atoms with Gasteiger partial charge in [0.15, 0.2) is 0 Å². The molecule has 0 heterocycles. The molecular formula is C25H21I. The van der Waals surface area contributed by atoms with Crippen LogP contribution in [-0.4, -0.2) is 0 Å². The van der Waals surface area contributed by atoms with Crippen LogP contribution in [0.5, 0.6) is 0 Å². The molecule has 0 bridgehead atoms. The minimum absolute atomic E-state index is 0.0645. The molecule has 0 atom stereocenters. The Kier molecular flexibility index (Phi) is 3.65. The summed E-state index contributed by atoms with van der Waals surface area (Å²) in [6, 6.07) is 22.8. The SMILES string of the molecule is CC1(C)c2ccccc2-c2ccc(-c3ccc4c(c3)CCC(I)=C4)cc21. The van der Waals surface area contributed by atoms with Crippen LogP contribution in [0.1, 0.15) is 42.5 Å². The second kappa shape index (κ2) is 5.82. The first-order valence-corrected chi connectivity index (χ1v) is 10.4. The van der Waals surface area contributed by atoms with Crippen molar-refractivity contribution in [1.29, 1.82) is 0 Å². The Morgan fingerprint density at radius 1 is 0.769 bits per heavy atom. The van der Waals surface area contributed by atoms with Crippen molar-refractivity contribution < 1.29 is 0 Å². The highest BCUT2D eigenvalue weighted by molar-refractivity contribution is 14.1. The zero-order chi connectivity index (χ0) is 17.9. The molecule has 5 rings (SSSR count). The van der Waals surface area contributed by atoms with Gasteiger partial charge in [0.05, 0.1) is 0 Å². The average Bonchev–Trinajstić information content (AvgIpc) is 2.89. The van der Waals surface area contributed by atoms with Crippen LogP contribution in [0.15, 0.2) is 64.2 Å². The van der Waals surface area contributed by atoms with E-state index in [-0.39, 0.29) is 5.41 Å². The van der Waals surface area contributed by atoms with Gasteiger partial charge in [0.25, 0.3) is 0 Å². The van der Waals surface area contributed by atoms with Gasteiger partial charge in [-0.1, -0.05) is 68.4 Å². The summed E-state index contributed by atoms with van der Waals surface area (Å²) in [6.45, 7) is 4.70. The lowest BCUT2D eigenvalue weighted by molar-refractivity contribution is 0.660. The van der Waals surface area contributed by atoms with Crippen LogP contribution in [0.3, 0.4) is 0 Å². The summed E-state index contributed by atoms with van der Waals surface area (Å²) in [4.78, 5) is 0. The Morgan fingerprint density at radius 3 is 2.38 bits per heavy atom. The fourth-order valence-electron chi connectivity index (χ4n) is 4.52. The minimum Gasteiger partial charge on any atom is -0.0619 e. The van der Waals surface area contributed by atoms with Gasteiger partial charge in [-0.3, -0.25) is 0 Å². The van der Waals surface area contributed by atoms with Gasteiger partial charge in [0.1, 0.15) is 0 Å². The van der Waals surface area contributed by atoms with Gasteiger partial charge in [0, 0.05) is 5.41 Å². The number of hydrogen-bond acceptors (Lipinski definition) is 0. The van der Waals surface area contributed by atoms with Crippen LogP contribution in [0.25, 0.3) is 28.3 Å². The molecule has 0 spiro atoms. The molecule has 0 aliphatic heterocycles. The predicted octanol–water partition coefficient (Wildman–Crippen LogP) is 7.38. The van der Waals surface area contributed by atoms with Crippen LogP contribution < -0.4 is 0 Å². The lowest BCUT2D eigenvalue weighted by Crippen LogP contribution is -2.14. The predicted molar refractivity (Wildman–Crippen MR) is 120 cm³/mol. The lowest BCUT2D eigenvalue weighted by atomic mass is 9.81. The molecule has 0 saturated heterocycles. The number of benzene rings is 3. The van der Waals surface area contributed by atoms with E-state index in [1.54, 1.807) is 0 Å². The summed E-state index contributed by atoms with van der Waals surface area (Å²) in [5.41, 5.74) is 11.3. The Balaban J connectivity index is 1.63. The Morgan fingerprint density at radius 2 is 1.50 bits per heavy atom. The van der Waals surface area contributed by atoms with E-state index in [1.165, 1.54) is 54.5 Å². The molecular weight excluding hydrogens is 427 g/mol.